The van der Waals surface area contributed by atoms with E-state index in [4.69, 9.17) is 4.74 Å². The summed E-state index contributed by atoms with van der Waals surface area (Å²) in [5.74, 6) is 1.14. The van der Waals surface area contributed by atoms with Crippen LogP contribution in [0, 0.1) is 0 Å². The molecule has 0 spiro atoms. The number of rotatable bonds is 7. The summed E-state index contributed by atoms with van der Waals surface area (Å²) in [6.45, 7) is 2.90. The number of halogens is 1. The SMILES string of the molecule is CCOc1ccc(/C=N/Nc2nc3c(c(=O)n(C)c(=O)n3C)n2Cc2cccc(Br)c2)cc1. The molecular weight excluding hydrogens is 488 g/mol. The van der Waals surface area contributed by atoms with Gasteiger partial charge in [0.2, 0.25) is 5.95 Å². The van der Waals surface area contributed by atoms with Gasteiger partial charge in [0.1, 0.15) is 5.75 Å². The lowest BCUT2D eigenvalue weighted by molar-refractivity contribution is 0.340. The van der Waals surface area contributed by atoms with Crippen LogP contribution in [0.5, 0.6) is 5.75 Å². The molecule has 0 aliphatic rings. The van der Waals surface area contributed by atoms with Crippen LogP contribution in [-0.4, -0.2) is 31.5 Å². The lowest BCUT2D eigenvalue weighted by Gasteiger charge is -2.09. The van der Waals surface area contributed by atoms with E-state index in [-0.39, 0.29) is 5.65 Å². The van der Waals surface area contributed by atoms with E-state index >= 15 is 0 Å². The van der Waals surface area contributed by atoms with Gasteiger partial charge in [-0.3, -0.25) is 18.5 Å². The number of aryl methyl sites for hydroxylation is 1. The maximum Gasteiger partial charge on any atom is 0.332 e. The monoisotopic (exact) mass is 510 g/mol. The highest BCUT2D eigenvalue weighted by atomic mass is 79.9. The van der Waals surface area contributed by atoms with Crippen LogP contribution in [0.2, 0.25) is 0 Å². The highest BCUT2D eigenvalue weighted by molar-refractivity contribution is 9.10. The second-order valence-electron chi connectivity index (χ2n) is 7.40. The summed E-state index contributed by atoms with van der Waals surface area (Å²) in [6, 6.07) is 15.3. The Morgan fingerprint density at radius 1 is 1.12 bits per heavy atom. The summed E-state index contributed by atoms with van der Waals surface area (Å²) in [6.07, 6.45) is 1.65. The van der Waals surface area contributed by atoms with Crippen LogP contribution in [0.25, 0.3) is 11.2 Å². The van der Waals surface area contributed by atoms with Crippen molar-refractivity contribution in [1.29, 1.82) is 0 Å². The molecule has 0 saturated carbocycles. The first-order valence-electron chi connectivity index (χ1n) is 10.3. The zero-order valence-electron chi connectivity index (χ0n) is 18.4. The minimum absolute atomic E-state index is 0.289. The van der Waals surface area contributed by atoms with Gasteiger partial charge in [0.05, 0.1) is 19.4 Å². The summed E-state index contributed by atoms with van der Waals surface area (Å²) >= 11 is 3.48. The highest BCUT2D eigenvalue weighted by Crippen LogP contribution is 2.20. The molecule has 170 valence electrons. The number of hydrazone groups is 1. The number of ether oxygens (including phenoxy) is 1. The largest absolute Gasteiger partial charge is 0.494 e. The molecule has 0 aliphatic carbocycles. The van der Waals surface area contributed by atoms with Crippen LogP contribution in [0.3, 0.4) is 0 Å². The van der Waals surface area contributed by atoms with E-state index in [1.807, 2.05) is 55.5 Å². The third-order valence-corrected chi connectivity index (χ3v) is 5.64. The van der Waals surface area contributed by atoms with Crippen molar-refractivity contribution in [2.45, 2.75) is 13.5 Å². The number of hydrogen-bond donors (Lipinski definition) is 1. The van der Waals surface area contributed by atoms with Gasteiger partial charge in [0.15, 0.2) is 11.2 Å². The van der Waals surface area contributed by atoms with E-state index in [9.17, 15) is 9.59 Å². The lowest BCUT2D eigenvalue weighted by atomic mass is 10.2. The van der Waals surface area contributed by atoms with Gasteiger partial charge in [-0.1, -0.05) is 28.1 Å². The van der Waals surface area contributed by atoms with Gasteiger partial charge >= 0.3 is 5.69 Å². The molecule has 0 unspecified atom stereocenters. The second-order valence-corrected chi connectivity index (χ2v) is 8.32. The van der Waals surface area contributed by atoms with Crippen molar-refractivity contribution in [3.8, 4) is 5.75 Å². The molecule has 2 aromatic carbocycles. The van der Waals surface area contributed by atoms with Crippen LogP contribution in [-0.2, 0) is 20.6 Å². The van der Waals surface area contributed by atoms with E-state index < -0.39 is 11.2 Å². The highest BCUT2D eigenvalue weighted by Gasteiger charge is 2.19. The summed E-state index contributed by atoms with van der Waals surface area (Å²) in [5, 5.41) is 4.30. The van der Waals surface area contributed by atoms with E-state index in [1.165, 1.54) is 11.6 Å². The first-order valence-corrected chi connectivity index (χ1v) is 11.1. The number of nitrogens with zero attached hydrogens (tertiary/aromatic N) is 5. The van der Waals surface area contributed by atoms with Crippen molar-refractivity contribution in [2.75, 3.05) is 12.0 Å². The molecule has 0 atom stereocenters. The standard InChI is InChI=1S/C23H23BrN6O3/c1-4-33-18-10-8-15(9-11-18)13-25-27-22-26-20-19(21(31)29(3)23(32)28(20)2)30(22)14-16-6-5-7-17(24)12-16/h5-13H,4,14H2,1-3H3,(H,26,27)/b25-13+. The molecule has 4 rings (SSSR count). The van der Waals surface area contributed by atoms with E-state index in [0.29, 0.717) is 24.6 Å². The molecule has 0 aliphatic heterocycles. The van der Waals surface area contributed by atoms with Crippen molar-refractivity contribution in [1.82, 2.24) is 18.7 Å². The Morgan fingerprint density at radius 3 is 2.58 bits per heavy atom. The maximum atomic E-state index is 13.0. The van der Waals surface area contributed by atoms with E-state index in [2.05, 4.69) is 31.4 Å². The number of hydrogen-bond acceptors (Lipinski definition) is 6. The van der Waals surface area contributed by atoms with E-state index in [1.54, 1.807) is 17.8 Å². The molecule has 2 aromatic heterocycles. The van der Waals surface area contributed by atoms with Crippen LogP contribution in [0.4, 0.5) is 5.95 Å². The normalized spacial score (nSPS) is 11.4. The summed E-state index contributed by atoms with van der Waals surface area (Å²) in [4.78, 5) is 29.9. The summed E-state index contributed by atoms with van der Waals surface area (Å²) < 4.78 is 10.5. The van der Waals surface area contributed by atoms with Gasteiger partial charge in [0, 0.05) is 18.6 Å². The number of aromatic nitrogens is 4. The smallest absolute Gasteiger partial charge is 0.332 e. The number of imidazole rings is 1. The first-order chi connectivity index (χ1) is 15.9. The Labute approximate surface area is 198 Å². The van der Waals surface area contributed by atoms with E-state index in [0.717, 1.165) is 25.9 Å². The van der Waals surface area contributed by atoms with Gasteiger partial charge in [-0.25, -0.2) is 10.2 Å². The number of anilines is 1. The molecule has 1 N–H and O–H groups in total. The van der Waals surface area contributed by atoms with Crippen molar-refractivity contribution < 1.29 is 4.74 Å². The number of nitrogens with one attached hydrogen (secondary N) is 1. The molecule has 2 heterocycles. The predicted molar refractivity (Wildman–Crippen MR) is 132 cm³/mol. The second kappa shape index (κ2) is 9.45. The number of benzene rings is 2. The van der Waals surface area contributed by atoms with Gasteiger partial charge in [-0.15, -0.1) is 0 Å². The van der Waals surface area contributed by atoms with Crippen molar-refractivity contribution in [3.63, 3.8) is 0 Å². The first kappa shape index (κ1) is 22.5. The van der Waals surface area contributed by atoms with Crippen LogP contribution in [0.1, 0.15) is 18.1 Å². The van der Waals surface area contributed by atoms with Crippen LogP contribution in [0.15, 0.2) is 67.7 Å². The maximum absolute atomic E-state index is 13.0. The van der Waals surface area contributed by atoms with Crippen LogP contribution < -0.4 is 21.4 Å². The summed E-state index contributed by atoms with van der Waals surface area (Å²) in [5.41, 5.74) is 4.50. The molecular formula is C23H23BrN6O3. The number of fused-ring (bicyclic) bond motifs is 1. The Bertz CT molecular complexity index is 1450. The molecule has 9 nitrogen and oxygen atoms in total. The van der Waals surface area contributed by atoms with Crippen molar-refractivity contribution in [3.05, 3.63) is 85.0 Å². The minimum atomic E-state index is -0.441. The molecule has 0 amide bonds. The van der Waals surface area contributed by atoms with Crippen molar-refractivity contribution >= 4 is 39.3 Å². The average Bonchev–Trinajstić information content (AvgIpc) is 3.16. The third-order valence-electron chi connectivity index (χ3n) is 5.15. The van der Waals surface area contributed by atoms with Gasteiger partial charge < -0.3 is 4.74 Å². The fourth-order valence-corrected chi connectivity index (χ4v) is 3.93. The van der Waals surface area contributed by atoms with Crippen molar-refractivity contribution in [2.24, 2.45) is 19.2 Å². The predicted octanol–water partition coefficient (Wildman–Crippen LogP) is 3.09. The molecule has 0 saturated heterocycles. The zero-order valence-corrected chi connectivity index (χ0v) is 20.0. The topological polar surface area (TPSA) is 95.4 Å². The molecule has 0 bridgehead atoms. The van der Waals surface area contributed by atoms with Gasteiger partial charge in [0.25, 0.3) is 5.56 Å². The Morgan fingerprint density at radius 2 is 1.88 bits per heavy atom. The third kappa shape index (κ3) is 4.61. The lowest BCUT2D eigenvalue weighted by Crippen LogP contribution is -2.37. The Balaban J connectivity index is 1.74. The quantitative estimate of drug-likeness (QED) is 0.304. The fourth-order valence-electron chi connectivity index (χ4n) is 3.49. The average molecular weight is 511 g/mol. The fraction of sp³-hybridized carbons (Fsp3) is 0.217. The molecule has 0 radical (unpaired) electrons. The zero-order chi connectivity index (χ0) is 23.5. The Hall–Kier alpha value is -3.66. The van der Waals surface area contributed by atoms with Gasteiger partial charge in [-0.05, 0) is 54.4 Å². The minimum Gasteiger partial charge on any atom is -0.494 e. The van der Waals surface area contributed by atoms with Gasteiger partial charge in [-0.2, -0.15) is 10.1 Å². The molecule has 4 aromatic rings. The molecule has 33 heavy (non-hydrogen) atoms. The molecule has 10 heteroatoms. The van der Waals surface area contributed by atoms with Crippen LogP contribution >= 0.6 is 15.9 Å². The summed E-state index contributed by atoms with van der Waals surface area (Å²) in [7, 11) is 3.05. The molecule has 0 fully saturated rings. The Kier molecular flexibility index (Phi) is 6.45.